The second kappa shape index (κ2) is 11.7. The number of aliphatic hydroxyl groups is 1. The summed E-state index contributed by atoms with van der Waals surface area (Å²) in [5.41, 5.74) is 4.61. The van der Waals surface area contributed by atoms with E-state index < -0.39 is 18.2 Å². The van der Waals surface area contributed by atoms with Crippen LogP contribution >= 0.6 is 0 Å². The number of alkyl halides is 1. The van der Waals surface area contributed by atoms with Gasteiger partial charge < -0.3 is 15.7 Å². The second-order valence-electron chi connectivity index (χ2n) is 8.24. The third-order valence-electron chi connectivity index (χ3n) is 5.53. The summed E-state index contributed by atoms with van der Waals surface area (Å²) in [6.45, 7) is 7.83. The number of nitrogens with zero attached hydrogens (tertiary/aromatic N) is 3. The van der Waals surface area contributed by atoms with Gasteiger partial charge in [-0.05, 0) is 50.8 Å². The molecule has 0 aromatic carbocycles. The summed E-state index contributed by atoms with van der Waals surface area (Å²) in [6.07, 6.45) is 10.8. The predicted molar refractivity (Wildman–Crippen MR) is 133 cm³/mol. The fourth-order valence-electron chi connectivity index (χ4n) is 3.42. The maximum atomic E-state index is 13.2. The van der Waals surface area contributed by atoms with Crippen LogP contribution in [-0.4, -0.2) is 32.1 Å². The molecule has 3 unspecified atom stereocenters. The quantitative estimate of drug-likeness (QED) is 0.413. The van der Waals surface area contributed by atoms with Gasteiger partial charge >= 0.3 is 0 Å². The highest BCUT2D eigenvalue weighted by Crippen LogP contribution is 2.35. The number of carbonyl (C=O) groups excluding carboxylic acids is 1. The number of allylic oxidation sites excluding steroid dienone is 5. The predicted octanol–water partition coefficient (Wildman–Crippen LogP) is 5.29. The van der Waals surface area contributed by atoms with E-state index >= 15 is 0 Å². The molecule has 3 N–H and O–H groups in total. The molecule has 0 saturated heterocycles. The van der Waals surface area contributed by atoms with Gasteiger partial charge in [-0.3, -0.25) is 9.78 Å². The van der Waals surface area contributed by atoms with Gasteiger partial charge in [0.25, 0.3) is 0 Å². The Labute approximate surface area is 199 Å². The third-order valence-corrected chi connectivity index (χ3v) is 5.53. The summed E-state index contributed by atoms with van der Waals surface area (Å²) >= 11 is 0. The zero-order valence-corrected chi connectivity index (χ0v) is 20.0. The zero-order chi connectivity index (χ0) is 24.7. The first-order valence-electron chi connectivity index (χ1n) is 11.6. The number of amides is 1. The van der Waals surface area contributed by atoms with Crippen molar-refractivity contribution in [1.29, 1.82) is 0 Å². The number of carbonyl (C=O) groups is 1. The van der Waals surface area contributed by atoms with Crippen molar-refractivity contribution in [2.75, 3.05) is 10.6 Å². The van der Waals surface area contributed by atoms with Gasteiger partial charge in [-0.2, -0.15) is 0 Å². The van der Waals surface area contributed by atoms with Gasteiger partial charge in [0, 0.05) is 17.3 Å². The Balaban J connectivity index is 1.91. The van der Waals surface area contributed by atoms with Crippen LogP contribution in [0.25, 0.3) is 5.57 Å². The van der Waals surface area contributed by atoms with Crippen molar-refractivity contribution < 1.29 is 14.3 Å². The summed E-state index contributed by atoms with van der Waals surface area (Å²) in [5.74, 6) is -0.630. The SMILES string of the molecule is C\C=C/C=C(Nc1cnc(C(O)CC)cc1C)\C(=C\CC)c1cc(NC(=O)C2CC2F)ncn1. The Morgan fingerprint density at radius 2 is 2.03 bits per heavy atom. The van der Waals surface area contributed by atoms with Crippen molar-refractivity contribution in [2.24, 2.45) is 5.92 Å². The highest BCUT2D eigenvalue weighted by Gasteiger charge is 2.43. The first kappa shape index (κ1) is 25.2. The number of rotatable bonds is 10. The number of hydrogen-bond donors (Lipinski definition) is 3. The number of aromatic nitrogens is 3. The average molecular weight is 466 g/mol. The van der Waals surface area contributed by atoms with Crippen LogP contribution in [0.3, 0.4) is 0 Å². The number of halogens is 1. The van der Waals surface area contributed by atoms with E-state index in [4.69, 9.17) is 0 Å². The van der Waals surface area contributed by atoms with Crippen molar-refractivity contribution in [3.63, 3.8) is 0 Å². The Morgan fingerprint density at radius 1 is 1.26 bits per heavy atom. The van der Waals surface area contributed by atoms with Crippen LogP contribution in [0.4, 0.5) is 15.9 Å². The molecule has 0 radical (unpaired) electrons. The van der Waals surface area contributed by atoms with Crippen molar-refractivity contribution in [1.82, 2.24) is 15.0 Å². The molecule has 8 heteroatoms. The van der Waals surface area contributed by atoms with Gasteiger partial charge in [0.05, 0.1) is 35.3 Å². The number of aryl methyl sites for hydroxylation is 1. The molecule has 2 aromatic heterocycles. The first-order valence-corrected chi connectivity index (χ1v) is 11.6. The van der Waals surface area contributed by atoms with E-state index in [1.807, 2.05) is 58.1 Å². The lowest BCUT2D eigenvalue weighted by atomic mass is 10.0. The first-order chi connectivity index (χ1) is 16.4. The molecular formula is C26H32FN5O2. The smallest absolute Gasteiger partial charge is 0.231 e. The molecule has 0 bridgehead atoms. The molecule has 0 spiro atoms. The van der Waals surface area contributed by atoms with Crippen LogP contribution in [-0.2, 0) is 4.79 Å². The van der Waals surface area contributed by atoms with Crippen molar-refractivity contribution in [2.45, 2.75) is 59.2 Å². The lowest BCUT2D eigenvalue weighted by Gasteiger charge is -2.17. The molecule has 2 heterocycles. The summed E-state index contributed by atoms with van der Waals surface area (Å²) in [4.78, 5) is 25.1. The fraction of sp³-hybridized carbons (Fsp3) is 0.385. The average Bonchev–Trinajstić information content (AvgIpc) is 3.57. The summed E-state index contributed by atoms with van der Waals surface area (Å²) in [5, 5.41) is 16.2. The molecule has 2 aromatic rings. The highest BCUT2D eigenvalue weighted by atomic mass is 19.1. The maximum absolute atomic E-state index is 13.2. The minimum absolute atomic E-state index is 0.256. The van der Waals surface area contributed by atoms with Gasteiger partial charge in [0.15, 0.2) is 0 Å². The highest BCUT2D eigenvalue weighted by molar-refractivity contribution is 5.94. The minimum atomic E-state index is -1.07. The van der Waals surface area contributed by atoms with Crippen LogP contribution in [0.2, 0.25) is 0 Å². The van der Waals surface area contributed by atoms with E-state index in [9.17, 15) is 14.3 Å². The van der Waals surface area contributed by atoms with E-state index in [-0.39, 0.29) is 12.3 Å². The van der Waals surface area contributed by atoms with Crippen LogP contribution < -0.4 is 10.6 Å². The number of pyridine rings is 1. The van der Waals surface area contributed by atoms with Crippen molar-refractivity contribution >= 4 is 23.0 Å². The van der Waals surface area contributed by atoms with Gasteiger partial charge in [-0.15, -0.1) is 0 Å². The summed E-state index contributed by atoms with van der Waals surface area (Å²) in [6, 6.07) is 3.56. The van der Waals surface area contributed by atoms with Gasteiger partial charge in [-0.25, -0.2) is 14.4 Å². The van der Waals surface area contributed by atoms with E-state index in [2.05, 4.69) is 25.6 Å². The molecule has 7 nitrogen and oxygen atoms in total. The standard InChI is InChI=1S/C26H32FN5O2/c1-5-8-10-20(31-23-14-28-22(11-16(23)4)24(33)7-3)17(9-6-2)21-13-25(30-15-29-21)32-26(34)18-12-19(18)27/h5,8-11,13-15,18-19,24,31,33H,6-7,12H2,1-4H3,(H,29,30,32,34)/b8-5-,17-9-,20-10+. The molecule has 3 atom stereocenters. The van der Waals surface area contributed by atoms with Gasteiger partial charge in [0.2, 0.25) is 5.91 Å². The van der Waals surface area contributed by atoms with E-state index in [1.54, 1.807) is 12.3 Å². The number of anilines is 2. The van der Waals surface area contributed by atoms with Gasteiger partial charge in [0.1, 0.15) is 18.3 Å². The Hall–Kier alpha value is -3.39. The van der Waals surface area contributed by atoms with Crippen LogP contribution in [0, 0.1) is 12.8 Å². The molecule has 0 aliphatic heterocycles. The molecule has 180 valence electrons. The Bertz CT molecular complexity index is 1110. The molecule has 3 rings (SSSR count). The molecular weight excluding hydrogens is 433 g/mol. The number of nitrogens with one attached hydrogen (secondary N) is 2. The molecule has 1 saturated carbocycles. The molecule has 1 amide bonds. The molecule has 1 aliphatic carbocycles. The largest absolute Gasteiger partial charge is 0.387 e. The monoisotopic (exact) mass is 465 g/mol. The van der Waals surface area contributed by atoms with E-state index in [0.717, 1.165) is 28.9 Å². The second-order valence-corrected chi connectivity index (χ2v) is 8.24. The number of hydrogen-bond acceptors (Lipinski definition) is 6. The summed E-state index contributed by atoms with van der Waals surface area (Å²) < 4.78 is 13.2. The van der Waals surface area contributed by atoms with E-state index in [1.165, 1.54) is 6.33 Å². The number of aliphatic hydroxyl groups excluding tert-OH is 1. The van der Waals surface area contributed by atoms with Crippen LogP contribution in [0.1, 0.15) is 63.1 Å². The Morgan fingerprint density at radius 3 is 2.65 bits per heavy atom. The lowest BCUT2D eigenvalue weighted by Crippen LogP contribution is -2.16. The zero-order valence-electron chi connectivity index (χ0n) is 20.0. The van der Waals surface area contributed by atoms with Crippen molar-refractivity contribution in [3.8, 4) is 0 Å². The van der Waals surface area contributed by atoms with Crippen molar-refractivity contribution in [3.05, 3.63) is 71.6 Å². The Kier molecular flexibility index (Phi) is 8.65. The lowest BCUT2D eigenvalue weighted by molar-refractivity contribution is -0.117. The molecule has 1 aliphatic rings. The minimum Gasteiger partial charge on any atom is -0.387 e. The van der Waals surface area contributed by atoms with Crippen LogP contribution in [0.5, 0.6) is 0 Å². The summed E-state index contributed by atoms with van der Waals surface area (Å²) in [7, 11) is 0. The van der Waals surface area contributed by atoms with E-state index in [0.29, 0.717) is 23.6 Å². The van der Waals surface area contributed by atoms with Gasteiger partial charge in [-0.1, -0.05) is 32.1 Å². The molecule has 34 heavy (non-hydrogen) atoms. The topological polar surface area (TPSA) is 100 Å². The third kappa shape index (κ3) is 6.35. The maximum Gasteiger partial charge on any atom is 0.231 e. The van der Waals surface area contributed by atoms with Crippen LogP contribution in [0.15, 0.2) is 54.7 Å². The fourth-order valence-corrected chi connectivity index (χ4v) is 3.42. The normalized spacial score (nSPS) is 19.2. The molecule has 1 fully saturated rings.